The van der Waals surface area contributed by atoms with E-state index in [2.05, 4.69) is 17.1 Å². The van der Waals surface area contributed by atoms with Crippen LogP contribution >= 0.6 is 0 Å². The highest BCUT2D eigenvalue weighted by Gasteiger charge is 2.33. The molecule has 2 saturated heterocycles. The highest BCUT2D eigenvalue weighted by Crippen LogP contribution is 2.30. The number of ether oxygens (including phenoxy) is 1. The molecule has 2 heterocycles. The topological polar surface area (TPSA) is 44.8 Å². The Bertz CT molecular complexity index is 347. The maximum atomic E-state index is 12.7. The monoisotopic (exact) mass is 295 g/mol. The molecule has 1 saturated carbocycles. The molecular weight excluding hydrogens is 266 g/mol. The van der Waals surface area contributed by atoms with E-state index < -0.39 is 0 Å². The van der Waals surface area contributed by atoms with Gasteiger partial charge in [0.05, 0.1) is 19.3 Å². The van der Waals surface area contributed by atoms with Crippen LogP contribution < -0.4 is 5.32 Å². The van der Waals surface area contributed by atoms with Crippen molar-refractivity contribution in [3.8, 4) is 0 Å². The van der Waals surface area contributed by atoms with Crippen molar-refractivity contribution in [1.82, 2.24) is 15.1 Å². The molecule has 3 aliphatic rings. The number of amides is 1. The first-order valence-electron chi connectivity index (χ1n) is 8.58. The second-order valence-corrected chi connectivity index (χ2v) is 6.80. The first kappa shape index (κ1) is 15.3. The van der Waals surface area contributed by atoms with Crippen LogP contribution in [0.15, 0.2) is 0 Å². The smallest absolute Gasteiger partial charge is 0.239 e. The van der Waals surface area contributed by atoms with Crippen LogP contribution in [0.3, 0.4) is 0 Å². The summed E-state index contributed by atoms with van der Waals surface area (Å²) < 4.78 is 5.35. The van der Waals surface area contributed by atoms with Crippen LogP contribution in [0.5, 0.6) is 0 Å². The second-order valence-electron chi connectivity index (χ2n) is 6.80. The fourth-order valence-corrected chi connectivity index (χ4v) is 3.42. The summed E-state index contributed by atoms with van der Waals surface area (Å²) in [5, 5.41) is 3.57. The lowest BCUT2D eigenvalue weighted by Gasteiger charge is -2.35. The lowest BCUT2D eigenvalue weighted by atomic mass is 10.1. The van der Waals surface area contributed by atoms with Crippen LogP contribution in [0, 0.1) is 5.92 Å². The van der Waals surface area contributed by atoms with Crippen LogP contribution in [-0.4, -0.2) is 73.7 Å². The number of rotatable bonds is 6. The van der Waals surface area contributed by atoms with Gasteiger partial charge in [-0.3, -0.25) is 9.69 Å². The predicted octanol–water partition coefficient (Wildman–Crippen LogP) is 0.698. The maximum absolute atomic E-state index is 12.7. The molecule has 0 aromatic rings. The van der Waals surface area contributed by atoms with Crippen LogP contribution in [0.2, 0.25) is 0 Å². The number of nitrogens with zero attached hydrogens (tertiary/aromatic N) is 2. The molecule has 0 aromatic heterocycles. The second kappa shape index (κ2) is 7.07. The molecule has 5 nitrogen and oxygen atoms in total. The highest BCUT2D eigenvalue weighted by molar-refractivity contribution is 5.81. The van der Waals surface area contributed by atoms with E-state index in [-0.39, 0.29) is 11.9 Å². The van der Waals surface area contributed by atoms with Crippen molar-refractivity contribution in [1.29, 1.82) is 0 Å². The van der Waals surface area contributed by atoms with E-state index in [1.807, 2.05) is 4.90 Å². The van der Waals surface area contributed by atoms with Gasteiger partial charge in [0.1, 0.15) is 0 Å². The zero-order valence-electron chi connectivity index (χ0n) is 13.2. The third-order valence-corrected chi connectivity index (χ3v) is 5.03. The Morgan fingerprint density at radius 2 is 2.05 bits per heavy atom. The molecule has 0 aromatic carbocycles. The van der Waals surface area contributed by atoms with Crippen molar-refractivity contribution in [3.05, 3.63) is 0 Å². The number of carbonyl (C=O) groups is 1. The molecule has 2 unspecified atom stereocenters. The zero-order valence-corrected chi connectivity index (χ0v) is 13.2. The Kier molecular flexibility index (Phi) is 5.14. The molecular formula is C16H29N3O2. The Morgan fingerprint density at radius 1 is 1.29 bits per heavy atom. The Hall–Kier alpha value is -0.650. The fourth-order valence-electron chi connectivity index (χ4n) is 3.42. The standard InChI is InChI=1S/C16H29N3O2/c1-13(16(20)18-7-9-21-10-8-18)19(11-14-4-5-14)12-15-3-2-6-17-15/h13-15,17H,2-12H2,1H3. The average Bonchev–Trinajstić information content (AvgIpc) is 3.19. The van der Waals surface area contributed by atoms with Gasteiger partial charge in [0, 0.05) is 32.2 Å². The van der Waals surface area contributed by atoms with E-state index in [0.29, 0.717) is 19.3 Å². The van der Waals surface area contributed by atoms with E-state index in [1.54, 1.807) is 0 Å². The van der Waals surface area contributed by atoms with Crippen molar-refractivity contribution in [2.45, 2.75) is 44.7 Å². The minimum Gasteiger partial charge on any atom is -0.378 e. The van der Waals surface area contributed by atoms with E-state index >= 15 is 0 Å². The minimum absolute atomic E-state index is 0.00565. The molecule has 21 heavy (non-hydrogen) atoms. The predicted molar refractivity (Wildman–Crippen MR) is 82.2 cm³/mol. The van der Waals surface area contributed by atoms with Crippen molar-refractivity contribution >= 4 is 5.91 Å². The van der Waals surface area contributed by atoms with Crippen LogP contribution in [0.25, 0.3) is 0 Å². The summed E-state index contributed by atoms with van der Waals surface area (Å²) in [4.78, 5) is 17.1. The normalized spacial score (nSPS) is 28.1. The average molecular weight is 295 g/mol. The van der Waals surface area contributed by atoms with Gasteiger partial charge < -0.3 is 15.0 Å². The molecule has 2 aliphatic heterocycles. The molecule has 3 rings (SSSR count). The molecule has 0 spiro atoms. The third kappa shape index (κ3) is 4.18. The summed E-state index contributed by atoms with van der Waals surface area (Å²) in [6.45, 7) is 8.22. The first-order valence-corrected chi connectivity index (χ1v) is 8.58. The maximum Gasteiger partial charge on any atom is 0.239 e. The number of nitrogens with one attached hydrogen (secondary N) is 1. The van der Waals surface area contributed by atoms with Crippen LogP contribution in [0.1, 0.15) is 32.6 Å². The number of carbonyl (C=O) groups excluding carboxylic acids is 1. The Balaban J connectivity index is 1.57. The first-order chi connectivity index (χ1) is 10.2. The molecule has 1 N–H and O–H groups in total. The van der Waals surface area contributed by atoms with E-state index in [1.165, 1.54) is 25.7 Å². The largest absolute Gasteiger partial charge is 0.378 e. The molecule has 3 fully saturated rings. The Morgan fingerprint density at radius 3 is 2.67 bits per heavy atom. The molecule has 1 aliphatic carbocycles. The van der Waals surface area contributed by atoms with Gasteiger partial charge >= 0.3 is 0 Å². The molecule has 0 radical (unpaired) electrons. The molecule has 2 atom stereocenters. The fraction of sp³-hybridized carbons (Fsp3) is 0.938. The summed E-state index contributed by atoms with van der Waals surface area (Å²) in [7, 11) is 0. The minimum atomic E-state index is 0.00565. The lowest BCUT2D eigenvalue weighted by molar-refractivity contribution is -0.140. The summed E-state index contributed by atoms with van der Waals surface area (Å²) in [6, 6.07) is 0.579. The van der Waals surface area contributed by atoms with Gasteiger partial charge in [-0.2, -0.15) is 0 Å². The third-order valence-electron chi connectivity index (χ3n) is 5.03. The molecule has 5 heteroatoms. The quantitative estimate of drug-likeness (QED) is 0.783. The van der Waals surface area contributed by atoms with E-state index in [9.17, 15) is 4.79 Å². The van der Waals surface area contributed by atoms with E-state index in [4.69, 9.17) is 4.74 Å². The molecule has 0 bridgehead atoms. The van der Waals surface area contributed by atoms with Gasteiger partial charge in [-0.1, -0.05) is 0 Å². The van der Waals surface area contributed by atoms with Gasteiger partial charge in [0.15, 0.2) is 0 Å². The van der Waals surface area contributed by atoms with Crippen LogP contribution in [0.4, 0.5) is 0 Å². The Labute approximate surface area is 128 Å². The summed E-state index contributed by atoms with van der Waals surface area (Å²) in [6.07, 6.45) is 5.20. The van der Waals surface area contributed by atoms with Crippen LogP contribution in [-0.2, 0) is 9.53 Å². The number of morpholine rings is 1. The molecule has 120 valence electrons. The van der Waals surface area contributed by atoms with Gasteiger partial charge in [-0.05, 0) is 45.1 Å². The number of hydrogen-bond acceptors (Lipinski definition) is 4. The molecule has 1 amide bonds. The van der Waals surface area contributed by atoms with Gasteiger partial charge in [0.2, 0.25) is 5.91 Å². The van der Waals surface area contributed by atoms with Crippen molar-refractivity contribution in [2.75, 3.05) is 45.9 Å². The van der Waals surface area contributed by atoms with Gasteiger partial charge in [-0.15, -0.1) is 0 Å². The van der Waals surface area contributed by atoms with E-state index in [0.717, 1.165) is 38.6 Å². The highest BCUT2D eigenvalue weighted by atomic mass is 16.5. The number of hydrogen-bond donors (Lipinski definition) is 1. The van der Waals surface area contributed by atoms with Gasteiger partial charge in [-0.25, -0.2) is 0 Å². The lowest BCUT2D eigenvalue weighted by Crippen LogP contribution is -2.53. The summed E-state index contributed by atoms with van der Waals surface area (Å²) >= 11 is 0. The summed E-state index contributed by atoms with van der Waals surface area (Å²) in [5.74, 6) is 1.11. The zero-order chi connectivity index (χ0) is 14.7. The van der Waals surface area contributed by atoms with Crippen molar-refractivity contribution in [2.24, 2.45) is 5.92 Å². The van der Waals surface area contributed by atoms with Crippen molar-refractivity contribution in [3.63, 3.8) is 0 Å². The summed E-state index contributed by atoms with van der Waals surface area (Å²) in [5.41, 5.74) is 0. The van der Waals surface area contributed by atoms with Gasteiger partial charge in [0.25, 0.3) is 0 Å². The van der Waals surface area contributed by atoms with Crippen molar-refractivity contribution < 1.29 is 9.53 Å². The SMILES string of the molecule is CC(C(=O)N1CCOCC1)N(CC1CC1)CC1CCCN1.